The smallest absolute Gasteiger partial charge is 0.243 e. The number of H-pyrrole nitrogens is 1. The predicted molar refractivity (Wildman–Crippen MR) is 263 cm³/mol. The second kappa shape index (κ2) is 25.8. The average molecular weight is 907 g/mol. The molecule has 0 bridgehead atoms. The number of nitrogens with zero attached hydrogens (tertiary/aromatic N) is 1. The van der Waals surface area contributed by atoms with Crippen molar-refractivity contribution in [2.24, 2.45) is 11.5 Å². The number of hydrogen-bond acceptors (Lipinski definition) is 6. The topological polar surface area (TPSA) is 198 Å². The standard InChI is InChI=1S/C28H34N4O3.C27H32N2O3/c29-27(34)24(18-21-19-30-23-14-8-7-13-22(21)23)31-28(35)25-15-9-17-32(25)26(33)16-6-2-5-12-20-10-3-1-4-11-20;28-27(32)25(19-22-16-15-21-12-7-8-14-24(21)22)29-26(31)18-17-23(30)13-6-2-5-11-20-9-3-1-4-10-20/h1,3-4,7-8,10-11,13-14,19,24-25,30H,2,5-6,9,12,15-18H2,(H2,29,34)(H,31,35);1,3-4,7-10,12,14,16,25H,2,5-6,11,13,15,17-19H2,(H2,28,32)(H,29,31). The number of likely N-dealkylation sites (tertiary alicyclic amines) is 1. The largest absolute Gasteiger partial charge is 0.368 e. The van der Waals surface area contributed by atoms with E-state index in [2.05, 4.69) is 52.0 Å². The molecule has 12 nitrogen and oxygen atoms in total. The Morgan fingerprint density at radius 2 is 1.25 bits per heavy atom. The third kappa shape index (κ3) is 15.4. The van der Waals surface area contributed by atoms with Gasteiger partial charge in [0.1, 0.15) is 23.9 Å². The van der Waals surface area contributed by atoms with E-state index in [1.807, 2.05) is 85.1 Å². The first-order valence-corrected chi connectivity index (χ1v) is 24.0. The van der Waals surface area contributed by atoms with E-state index in [-0.39, 0.29) is 36.3 Å². The van der Waals surface area contributed by atoms with Crippen molar-refractivity contribution in [1.29, 1.82) is 0 Å². The Morgan fingerprint density at radius 1 is 0.642 bits per heavy atom. The van der Waals surface area contributed by atoms with E-state index in [9.17, 15) is 28.8 Å². The highest BCUT2D eigenvalue weighted by Gasteiger charge is 2.35. The Labute approximate surface area is 394 Å². The van der Waals surface area contributed by atoms with Gasteiger partial charge in [0, 0.05) is 62.2 Å². The SMILES string of the molecule is NC(=O)C(CC1=CCc2ccccc21)NC(=O)CCC(=O)CCCCCc1ccccc1.NC(=O)C(Cc1c[nH]c2ccccc12)NC(=O)C1CCCN1C(=O)CCCCCc1ccccc1. The summed E-state index contributed by atoms with van der Waals surface area (Å²) in [5.41, 5.74) is 19.0. The van der Waals surface area contributed by atoms with Crippen LogP contribution in [0, 0.1) is 0 Å². The van der Waals surface area contributed by atoms with Gasteiger partial charge in [-0.1, -0.05) is 122 Å². The molecule has 1 aliphatic carbocycles. The lowest BCUT2D eigenvalue weighted by Crippen LogP contribution is -2.53. The van der Waals surface area contributed by atoms with E-state index in [4.69, 9.17) is 11.5 Å². The number of primary amides is 2. The van der Waals surface area contributed by atoms with Crippen LogP contribution in [0.5, 0.6) is 0 Å². The van der Waals surface area contributed by atoms with Crippen LogP contribution in [0.25, 0.3) is 16.5 Å². The van der Waals surface area contributed by atoms with Crippen molar-refractivity contribution < 1.29 is 28.8 Å². The maximum atomic E-state index is 13.1. The van der Waals surface area contributed by atoms with Crippen LogP contribution in [-0.2, 0) is 54.5 Å². The molecule has 67 heavy (non-hydrogen) atoms. The molecule has 3 atom stereocenters. The molecule has 0 spiro atoms. The fourth-order valence-corrected chi connectivity index (χ4v) is 9.03. The van der Waals surface area contributed by atoms with Gasteiger partial charge in [0.25, 0.3) is 0 Å². The summed E-state index contributed by atoms with van der Waals surface area (Å²) in [4.78, 5) is 79.3. The Bertz CT molecular complexity index is 2460. The van der Waals surface area contributed by atoms with Gasteiger partial charge in [0.05, 0.1) is 0 Å². The van der Waals surface area contributed by atoms with E-state index in [0.717, 1.165) is 91.8 Å². The molecule has 7 rings (SSSR count). The number of amides is 5. The highest BCUT2D eigenvalue weighted by atomic mass is 16.2. The van der Waals surface area contributed by atoms with Crippen LogP contribution in [0.1, 0.15) is 111 Å². The van der Waals surface area contributed by atoms with Crippen molar-refractivity contribution in [3.63, 3.8) is 0 Å². The Hall–Kier alpha value is -6.82. The lowest BCUT2D eigenvalue weighted by atomic mass is 9.99. The summed E-state index contributed by atoms with van der Waals surface area (Å²) in [6.45, 7) is 0.574. The molecule has 7 N–H and O–H groups in total. The number of aromatic amines is 1. The number of ketones is 1. The van der Waals surface area contributed by atoms with E-state index in [1.54, 1.807) is 4.90 Å². The molecule has 12 heteroatoms. The summed E-state index contributed by atoms with van der Waals surface area (Å²) in [5.74, 6) is -1.66. The molecule has 5 aromatic rings. The number of para-hydroxylation sites is 1. The van der Waals surface area contributed by atoms with Gasteiger partial charge in [-0.3, -0.25) is 28.8 Å². The van der Waals surface area contributed by atoms with Crippen molar-refractivity contribution in [3.8, 4) is 0 Å². The molecular formula is C55H66N6O6. The molecule has 4 aromatic carbocycles. The van der Waals surface area contributed by atoms with Crippen LogP contribution in [0.2, 0.25) is 0 Å². The average Bonchev–Trinajstić information content (AvgIpc) is 4.11. The number of aromatic nitrogens is 1. The number of fused-ring (bicyclic) bond motifs is 2. The Morgan fingerprint density at radius 3 is 1.94 bits per heavy atom. The number of carbonyl (C=O) groups excluding carboxylic acids is 6. The number of Topliss-reactive ketones (excluding diaryl/α,β-unsaturated/α-hetero) is 1. The number of nitrogens with two attached hydrogens (primary N) is 2. The molecule has 1 saturated heterocycles. The third-order valence-electron chi connectivity index (χ3n) is 12.8. The third-order valence-corrected chi connectivity index (χ3v) is 12.8. The number of allylic oxidation sites excluding steroid dienone is 1. The number of hydrogen-bond donors (Lipinski definition) is 5. The molecule has 2 heterocycles. The first-order valence-electron chi connectivity index (χ1n) is 24.0. The normalized spacial score (nSPS) is 14.8. The zero-order valence-corrected chi connectivity index (χ0v) is 38.6. The fourth-order valence-electron chi connectivity index (χ4n) is 9.03. The Balaban J connectivity index is 0.000000222. The molecular weight excluding hydrogens is 841 g/mol. The van der Waals surface area contributed by atoms with Crippen LogP contribution in [0.15, 0.2) is 121 Å². The van der Waals surface area contributed by atoms with Gasteiger partial charge in [-0.15, -0.1) is 0 Å². The number of unbranched alkanes of at least 4 members (excludes halogenated alkanes) is 4. The predicted octanol–water partition coefficient (Wildman–Crippen LogP) is 7.61. The van der Waals surface area contributed by atoms with Crippen LogP contribution < -0.4 is 22.1 Å². The van der Waals surface area contributed by atoms with E-state index in [0.29, 0.717) is 38.6 Å². The lowest BCUT2D eigenvalue weighted by molar-refractivity contribution is -0.139. The van der Waals surface area contributed by atoms with Gasteiger partial charge >= 0.3 is 0 Å². The second-order valence-electron chi connectivity index (χ2n) is 17.7. The minimum absolute atomic E-state index is 0.00890. The second-order valence-corrected chi connectivity index (χ2v) is 17.7. The molecule has 0 radical (unpaired) electrons. The number of rotatable bonds is 24. The molecule has 1 fully saturated rings. The monoisotopic (exact) mass is 907 g/mol. The van der Waals surface area contributed by atoms with Crippen LogP contribution in [0.3, 0.4) is 0 Å². The van der Waals surface area contributed by atoms with Crippen LogP contribution in [-0.4, -0.2) is 69.9 Å². The maximum Gasteiger partial charge on any atom is 0.243 e. The number of benzene rings is 4. The summed E-state index contributed by atoms with van der Waals surface area (Å²) in [6, 6.07) is 34.3. The quantitative estimate of drug-likeness (QED) is 0.0395. The van der Waals surface area contributed by atoms with Crippen molar-refractivity contribution >= 4 is 51.8 Å². The molecule has 1 aromatic heterocycles. The number of nitrogens with one attached hydrogen (secondary N) is 3. The zero-order chi connectivity index (χ0) is 47.4. The minimum atomic E-state index is -0.836. The highest BCUT2D eigenvalue weighted by Crippen LogP contribution is 2.30. The van der Waals surface area contributed by atoms with Gasteiger partial charge in [-0.05, 0) is 97.2 Å². The summed E-state index contributed by atoms with van der Waals surface area (Å²) in [6.07, 6.45) is 15.7. The summed E-state index contributed by atoms with van der Waals surface area (Å²) in [5, 5.41) is 6.54. The van der Waals surface area contributed by atoms with E-state index >= 15 is 0 Å². The van der Waals surface area contributed by atoms with Crippen LogP contribution in [0.4, 0.5) is 0 Å². The summed E-state index contributed by atoms with van der Waals surface area (Å²) < 4.78 is 0. The van der Waals surface area contributed by atoms with Crippen molar-refractivity contribution in [3.05, 3.63) is 149 Å². The molecule has 0 saturated carbocycles. The van der Waals surface area contributed by atoms with Gasteiger partial charge in [-0.25, -0.2) is 0 Å². The molecule has 1 aliphatic heterocycles. The van der Waals surface area contributed by atoms with Crippen molar-refractivity contribution in [1.82, 2.24) is 20.5 Å². The highest BCUT2D eigenvalue weighted by molar-refractivity contribution is 5.93. The van der Waals surface area contributed by atoms with E-state index in [1.165, 1.54) is 16.7 Å². The molecule has 2 aliphatic rings. The first-order chi connectivity index (χ1) is 32.5. The van der Waals surface area contributed by atoms with E-state index < -0.39 is 29.9 Å². The Kier molecular flexibility index (Phi) is 19.1. The molecule has 3 unspecified atom stereocenters. The van der Waals surface area contributed by atoms with Crippen molar-refractivity contribution in [2.75, 3.05) is 6.54 Å². The van der Waals surface area contributed by atoms with Crippen LogP contribution >= 0.6 is 0 Å². The zero-order valence-electron chi connectivity index (χ0n) is 38.6. The summed E-state index contributed by atoms with van der Waals surface area (Å²) >= 11 is 0. The molecule has 5 amide bonds. The minimum Gasteiger partial charge on any atom is -0.368 e. The fraction of sp³-hybridized carbons (Fsp3) is 0.382. The van der Waals surface area contributed by atoms with Gasteiger partial charge in [0.2, 0.25) is 29.5 Å². The van der Waals surface area contributed by atoms with Gasteiger partial charge in [-0.2, -0.15) is 0 Å². The van der Waals surface area contributed by atoms with Gasteiger partial charge < -0.3 is 32.0 Å². The number of aryl methyl sites for hydroxylation is 2. The first kappa shape index (κ1) is 49.6. The van der Waals surface area contributed by atoms with Crippen molar-refractivity contribution in [2.45, 2.75) is 127 Å². The molecule has 352 valence electrons. The van der Waals surface area contributed by atoms with Gasteiger partial charge in [0.15, 0.2) is 0 Å². The maximum absolute atomic E-state index is 13.1. The lowest BCUT2D eigenvalue weighted by Gasteiger charge is -2.26. The number of carbonyl (C=O) groups is 6. The summed E-state index contributed by atoms with van der Waals surface area (Å²) in [7, 11) is 0.